The van der Waals surface area contributed by atoms with Crippen molar-refractivity contribution in [3.8, 4) is 0 Å². The number of benzene rings is 1. The Labute approximate surface area is 99.3 Å². The van der Waals surface area contributed by atoms with Crippen molar-refractivity contribution in [2.75, 3.05) is 0 Å². The van der Waals surface area contributed by atoms with E-state index in [-0.39, 0.29) is 0 Å². The third-order valence-corrected chi connectivity index (χ3v) is 3.77. The Balaban J connectivity index is 1.86. The first-order valence-electron chi connectivity index (χ1n) is 6.55. The van der Waals surface area contributed by atoms with Crippen LogP contribution in [0.15, 0.2) is 18.2 Å². The number of rotatable bonds is 3. The topological polar surface area (TPSA) is 12.0 Å². The Kier molecular flexibility index (Phi) is 4.00. The summed E-state index contributed by atoms with van der Waals surface area (Å²) < 4.78 is 0. The van der Waals surface area contributed by atoms with Crippen molar-refractivity contribution >= 4 is 0 Å². The van der Waals surface area contributed by atoms with Gasteiger partial charge in [-0.2, -0.15) is 0 Å². The fourth-order valence-corrected chi connectivity index (χ4v) is 2.48. The van der Waals surface area contributed by atoms with E-state index in [1.165, 1.54) is 48.8 Å². The van der Waals surface area contributed by atoms with Gasteiger partial charge in [0.25, 0.3) is 0 Å². The van der Waals surface area contributed by atoms with Crippen LogP contribution in [-0.4, -0.2) is 6.04 Å². The summed E-state index contributed by atoms with van der Waals surface area (Å²) in [6.45, 7) is 5.40. The number of nitrogens with one attached hydrogen (secondary N) is 1. The summed E-state index contributed by atoms with van der Waals surface area (Å²) >= 11 is 0. The van der Waals surface area contributed by atoms with Crippen LogP contribution in [0.2, 0.25) is 0 Å². The first-order valence-corrected chi connectivity index (χ1v) is 6.55. The third kappa shape index (κ3) is 3.08. The average Bonchev–Trinajstić information content (AvgIpc) is 2.32. The highest BCUT2D eigenvalue weighted by atomic mass is 14.9. The van der Waals surface area contributed by atoms with Crippen LogP contribution in [0.25, 0.3) is 0 Å². The fourth-order valence-electron chi connectivity index (χ4n) is 2.48. The smallest absolute Gasteiger partial charge is 0.0208 e. The van der Waals surface area contributed by atoms with Crippen molar-refractivity contribution in [3.05, 3.63) is 34.9 Å². The van der Waals surface area contributed by atoms with Crippen LogP contribution < -0.4 is 5.32 Å². The van der Waals surface area contributed by atoms with Crippen LogP contribution in [0, 0.1) is 13.8 Å². The molecule has 0 radical (unpaired) electrons. The number of hydrogen-bond donors (Lipinski definition) is 1. The van der Waals surface area contributed by atoms with E-state index in [0.29, 0.717) is 0 Å². The highest BCUT2D eigenvalue weighted by molar-refractivity contribution is 5.29. The summed E-state index contributed by atoms with van der Waals surface area (Å²) in [5, 5.41) is 3.68. The zero-order valence-corrected chi connectivity index (χ0v) is 10.6. The molecule has 88 valence electrons. The molecule has 16 heavy (non-hydrogen) atoms. The van der Waals surface area contributed by atoms with Gasteiger partial charge < -0.3 is 5.32 Å². The largest absolute Gasteiger partial charge is 0.310 e. The van der Waals surface area contributed by atoms with Gasteiger partial charge in [0, 0.05) is 12.6 Å². The minimum absolute atomic E-state index is 0.760. The van der Waals surface area contributed by atoms with Gasteiger partial charge in [-0.1, -0.05) is 37.5 Å². The molecular weight excluding hydrogens is 194 g/mol. The lowest BCUT2D eigenvalue weighted by Gasteiger charge is -2.23. The molecule has 0 atom stereocenters. The predicted octanol–water partition coefficient (Wildman–Crippen LogP) is 3.73. The van der Waals surface area contributed by atoms with Crippen molar-refractivity contribution < 1.29 is 0 Å². The van der Waals surface area contributed by atoms with Crippen molar-refractivity contribution in [3.63, 3.8) is 0 Å². The van der Waals surface area contributed by atoms with Crippen molar-refractivity contribution in [1.29, 1.82) is 0 Å². The predicted molar refractivity (Wildman–Crippen MR) is 69.6 cm³/mol. The molecule has 1 aromatic carbocycles. The van der Waals surface area contributed by atoms with Crippen molar-refractivity contribution in [2.24, 2.45) is 0 Å². The third-order valence-electron chi connectivity index (χ3n) is 3.77. The maximum atomic E-state index is 3.68. The Bertz CT molecular complexity index is 337. The van der Waals surface area contributed by atoms with Crippen LogP contribution in [-0.2, 0) is 6.54 Å². The second-order valence-corrected chi connectivity index (χ2v) is 5.13. The molecule has 0 aromatic heterocycles. The molecule has 0 saturated heterocycles. The molecule has 1 fully saturated rings. The Morgan fingerprint density at radius 2 is 1.81 bits per heavy atom. The quantitative estimate of drug-likeness (QED) is 0.813. The zero-order valence-electron chi connectivity index (χ0n) is 10.6. The fraction of sp³-hybridized carbons (Fsp3) is 0.600. The van der Waals surface area contributed by atoms with Gasteiger partial charge in [0.05, 0.1) is 0 Å². The van der Waals surface area contributed by atoms with E-state index in [0.717, 1.165) is 12.6 Å². The second-order valence-electron chi connectivity index (χ2n) is 5.13. The average molecular weight is 217 g/mol. The van der Waals surface area contributed by atoms with E-state index in [1.807, 2.05) is 0 Å². The Hall–Kier alpha value is -0.820. The van der Waals surface area contributed by atoms with Crippen molar-refractivity contribution in [2.45, 2.75) is 58.5 Å². The normalized spacial score (nSPS) is 17.6. The van der Waals surface area contributed by atoms with E-state index in [1.54, 1.807) is 0 Å². The molecule has 1 saturated carbocycles. The lowest BCUT2D eigenvalue weighted by molar-refractivity contribution is 0.372. The molecule has 1 heteroatoms. The van der Waals surface area contributed by atoms with E-state index in [4.69, 9.17) is 0 Å². The highest BCUT2D eigenvalue weighted by Crippen LogP contribution is 2.18. The van der Waals surface area contributed by atoms with E-state index in [2.05, 4.69) is 37.4 Å². The maximum Gasteiger partial charge on any atom is 0.0208 e. The van der Waals surface area contributed by atoms with Crippen molar-refractivity contribution in [1.82, 2.24) is 5.32 Å². The summed E-state index contributed by atoms with van der Waals surface area (Å²) in [5.41, 5.74) is 4.22. The minimum Gasteiger partial charge on any atom is -0.310 e. The molecule has 0 aliphatic heterocycles. The highest BCUT2D eigenvalue weighted by Gasteiger charge is 2.12. The summed E-state index contributed by atoms with van der Waals surface area (Å²) in [7, 11) is 0. The molecule has 0 heterocycles. The molecule has 0 bridgehead atoms. The van der Waals surface area contributed by atoms with Gasteiger partial charge in [-0.3, -0.25) is 0 Å². The molecule has 0 amide bonds. The molecule has 1 nitrogen and oxygen atoms in total. The monoisotopic (exact) mass is 217 g/mol. The molecule has 0 spiro atoms. The summed E-state index contributed by atoms with van der Waals surface area (Å²) in [6, 6.07) is 7.55. The molecule has 1 aromatic rings. The lowest BCUT2D eigenvalue weighted by Crippen LogP contribution is -2.30. The standard InChI is InChI=1S/C15H23N/c1-12-8-9-14(10-13(12)2)11-16-15-6-4-3-5-7-15/h8-10,15-16H,3-7,11H2,1-2H3. The lowest BCUT2D eigenvalue weighted by atomic mass is 9.95. The van der Waals surface area contributed by atoms with Crippen LogP contribution in [0.4, 0.5) is 0 Å². The van der Waals surface area contributed by atoms with Crippen LogP contribution in [0.3, 0.4) is 0 Å². The van der Waals surface area contributed by atoms with Gasteiger partial charge in [0.2, 0.25) is 0 Å². The van der Waals surface area contributed by atoms with Crippen LogP contribution >= 0.6 is 0 Å². The maximum absolute atomic E-state index is 3.68. The summed E-state index contributed by atoms with van der Waals surface area (Å²) in [6.07, 6.45) is 6.98. The molecule has 1 N–H and O–H groups in total. The van der Waals surface area contributed by atoms with Gasteiger partial charge in [-0.25, -0.2) is 0 Å². The van der Waals surface area contributed by atoms with Crippen LogP contribution in [0.5, 0.6) is 0 Å². The molecule has 2 rings (SSSR count). The molecular formula is C15H23N. The molecule has 1 aliphatic rings. The first kappa shape index (κ1) is 11.7. The van der Waals surface area contributed by atoms with E-state index in [9.17, 15) is 0 Å². The van der Waals surface area contributed by atoms with Gasteiger partial charge in [0.15, 0.2) is 0 Å². The van der Waals surface area contributed by atoms with Gasteiger partial charge in [-0.05, 0) is 43.4 Å². The Morgan fingerprint density at radius 3 is 2.50 bits per heavy atom. The summed E-state index contributed by atoms with van der Waals surface area (Å²) in [4.78, 5) is 0. The number of hydrogen-bond acceptors (Lipinski definition) is 1. The first-order chi connectivity index (χ1) is 7.75. The summed E-state index contributed by atoms with van der Waals surface area (Å²) in [5.74, 6) is 0. The molecule has 0 unspecified atom stereocenters. The Morgan fingerprint density at radius 1 is 1.06 bits per heavy atom. The second kappa shape index (κ2) is 5.49. The van der Waals surface area contributed by atoms with E-state index < -0.39 is 0 Å². The molecule has 1 aliphatic carbocycles. The SMILES string of the molecule is Cc1ccc(CNC2CCCCC2)cc1C. The van der Waals surface area contributed by atoms with Gasteiger partial charge >= 0.3 is 0 Å². The van der Waals surface area contributed by atoms with Gasteiger partial charge in [0.1, 0.15) is 0 Å². The zero-order chi connectivity index (χ0) is 11.4. The number of aryl methyl sites for hydroxylation is 2. The minimum atomic E-state index is 0.760. The van der Waals surface area contributed by atoms with Crippen LogP contribution in [0.1, 0.15) is 48.8 Å². The van der Waals surface area contributed by atoms with E-state index >= 15 is 0 Å². The van der Waals surface area contributed by atoms with Gasteiger partial charge in [-0.15, -0.1) is 0 Å².